The fourth-order valence-corrected chi connectivity index (χ4v) is 5.18. The molecule has 0 spiro atoms. The van der Waals surface area contributed by atoms with Crippen molar-refractivity contribution in [1.29, 1.82) is 0 Å². The van der Waals surface area contributed by atoms with Crippen molar-refractivity contribution < 1.29 is 14.3 Å². The quantitative estimate of drug-likeness (QED) is 0.275. The van der Waals surface area contributed by atoms with E-state index in [1.165, 1.54) is 0 Å². The molecule has 0 radical (unpaired) electrons. The number of carbonyl (C=O) groups is 1. The molecule has 0 saturated carbocycles. The average molecular weight is 557 g/mol. The average Bonchev–Trinajstić information content (AvgIpc) is 3.25. The molecule has 0 atom stereocenters. The molecule has 8 heteroatoms. The first kappa shape index (κ1) is 27.5. The molecule has 1 amide bonds. The van der Waals surface area contributed by atoms with Crippen LogP contribution in [0.2, 0.25) is 5.02 Å². The second-order valence-corrected chi connectivity index (χ2v) is 10.2. The standard InChI is InChI=1S/C32H33ClN4O3/c1-22-28(20-23-10-12-25(33)13-11-23)31(35-30(34-22)24-8-5-4-6-9-24)36-16-7-17-37(19-18-36)32(38)27-15-14-26(39-2)21-29(27)40-3/h4-6,8-15,21H,7,16-20H2,1-3H3. The predicted octanol–water partition coefficient (Wildman–Crippen LogP) is 6.07. The van der Waals surface area contributed by atoms with E-state index >= 15 is 0 Å². The molecule has 1 fully saturated rings. The number of benzene rings is 3. The number of aryl methyl sites for hydroxylation is 1. The lowest BCUT2D eigenvalue weighted by Crippen LogP contribution is -2.36. The van der Waals surface area contributed by atoms with Gasteiger partial charge in [-0.05, 0) is 43.2 Å². The third kappa shape index (κ3) is 6.05. The van der Waals surface area contributed by atoms with Gasteiger partial charge in [0, 0.05) is 60.5 Å². The van der Waals surface area contributed by atoms with Crippen molar-refractivity contribution in [2.75, 3.05) is 45.3 Å². The number of hydrogen-bond acceptors (Lipinski definition) is 6. The molecule has 0 N–H and O–H groups in total. The Morgan fingerprint density at radius 3 is 2.40 bits per heavy atom. The van der Waals surface area contributed by atoms with Crippen LogP contribution in [0.3, 0.4) is 0 Å². The van der Waals surface area contributed by atoms with E-state index in [0.717, 1.165) is 41.2 Å². The second kappa shape index (κ2) is 12.4. The van der Waals surface area contributed by atoms with Gasteiger partial charge in [-0.15, -0.1) is 0 Å². The van der Waals surface area contributed by atoms with E-state index in [1.54, 1.807) is 32.4 Å². The summed E-state index contributed by atoms with van der Waals surface area (Å²) in [7, 11) is 3.17. The van der Waals surface area contributed by atoms with Crippen LogP contribution in [0.15, 0.2) is 72.8 Å². The first-order valence-electron chi connectivity index (χ1n) is 13.4. The van der Waals surface area contributed by atoms with Crippen LogP contribution in [-0.2, 0) is 6.42 Å². The van der Waals surface area contributed by atoms with Crippen LogP contribution in [0, 0.1) is 6.92 Å². The van der Waals surface area contributed by atoms with E-state index in [0.29, 0.717) is 54.0 Å². The molecule has 7 nitrogen and oxygen atoms in total. The predicted molar refractivity (Wildman–Crippen MR) is 159 cm³/mol. The van der Waals surface area contributed by atoms with Crippen LogP contribution in [0.4, 0.5) is 5.82 Å². The maximum atomic E-state index is 13.6. The Morgan fingerprint density at radius 2 is 1.68 bits per heavy atom. The van der Waals surface area contributed by atoms with Crippen molar-refractivity contribution in [1.82, 2.24) is 14.9 Å². The van der Waals surface area contributed by atoms with Gasteiger partial charge in [0.25, 0.3) is 5.91 Å². The topological polar surface area (TPSA) is 67.8 Å². The Hall–Kier alpha value is -4.10. The molecule has 0 aliphatic carbocycles. The molecule has 5 rings (SSSR count). The Bertz CT molecular complexity index is 1480. The first-order chi connectivity index (χ1) is 19.5. The summed E-state index contributed by atoms with van der Waals surface area (Å²) >= 11 is 6.14. The normalized spacial score (nSPS) is 13.6. The fraction of sp³-hybridized carbons (Fsp3) is 0.281. The van der Waals surface area contributed by atoms with Gasteiger partial charge in [-0.25, -0.2) is 9.97 Å². The van der Waals surface area contributed by atoms with E-state index in [1.807, 2.05) is 66.4 Å². The molecule has 40 heavy (non-hydrogen) atoms. The van der Waals surface area contributed by atoms with Crippen molar-refractivity contribution in [2.24, 2.45) is 0 Å². The highest BCUT2D eigenvalue weighted by atomic mass is 35.5. The van der Waals surface area contributed by atoms with Crippen molar-refractivity contribution in [2.45, 2.75) is 19.8 Å². The van der Waals surface area contributed by atoms with Gasteiger partial charge < -0.3 is 19.3 Å². The molecule has 0 unspecified atom stereocenters. The lowest BCUT2D eigenvalue weighted by molar-refractivity contribution is 0.0763. The molecule has 1 aliphatic rings. The molecule has 1 aliphatic heterocycles. The molecule has 3 aromatic carbocycles. The SMILES string of the molecule is COc1ccc(C(=O)N2CCCN(c3nc(-c4ccccc4)nc(C)c3Cc3ccc(Cl)cc3)CC2)c(OC)c1. The van der Waals surface area contributed by atoms with Gasteiger partial charge in [-0.1, -0.05) is 54.1 Å². The number of anilines is 1. The summed E-state index contributed by atoms with van der Waals surface area (Å²) in [5, 5.41) is 0.710. The van der Waals surface area contributed by atoms with Gasteiger partial charge in [0.15, 0.2) is 5.82 Å². The summed E-state index contributed by atoms with van der Waals surface area (Å²) in [5.41, 5.74) is 4.67. The summed E-state index contributed by atoms with van der Waals surface area (Å²) in [6.45, 7) is 4.70. The molecule has 0 bridgehead atoms. The Labute approximate surface area is 240 Å². The number of amides is 1. The minimum atomic E-state index is -0.0495. The summed E-state index contributed by atoms with van der Waals surface area (Å²) in [5.74, 6) is 2.73. The minimum Gasteiger partial charge on any atom is -0.497 e. The zero-order valence-corrected chi connectivity index (χ0v) is 23.8. The lowest BCUT2D eigenvalue weighted by Gasteiger charge is -2.26. The largest absolute Gasteiger partial charge is 0.497 e. The van der Waals surface area contributed by atoms with E-state index in [9.17, 15) is 4.79 Å². The summed E-state index contributed by atoms with van der Waals surface area (Å²) in [6, 6.07) is 23.3. The van der Waals surface area contributed by atoms with Crippen molar-refractivity contribution >= 4 is 23.3 Å². The van der Waals surface area contributed by atoms with Crippen LogP contribution in [0.25, 0.3) is 11.4 Å². The molecular weight excluding hydrogens is 524 g/mol. The maximum Gasteiger partial charge on any atom is 0.257 e. The summed E-state index contributed by atoms with van der Waals surface area (Å²) in [6.07, 6.45) is 1.50. The monoisotopic (exact) mass is 556 g/mol. The fourth-order valence-electron chi connectivity index (χ4n) is 5.05. The van der Waals surface area contributed by atoms with Gasteiger partial charge in [-0.3, -0.25) is 4.79 Å². The maximum absolute atomic E-state index is 13.6. The zero-order valence-electron chi connectivity index (χ0n) is 23.1. The number of carbonyl (C=O) groups excluding carboxylic acids is 1. The highest BCUT2D eigenvalue weighted by Crippen LogP contribution is 2.30. The summed E-state index contributed by atoms with van der Waals surface area (Å²) in [4.78, 5) is 27.8. The summed E-state index contributed by atoms with van der Waals surface area (Å²) < 4.78 is 10.8. The third-order valence-corrected chi connectivity index (χ3v) is 7.49. The van der Waals surface area contributed by atoms with E-state index < -0.39 is 0 Å². The van der Waals surface area contributed by atoms with Crippen molar-refractivity contribution in [3.63, 3.8) is 0 Å². The van der Waals surface area contributed by atoms with Crippen LogP contribution in [0.1, 0.15) is 33.6 Å². The molecular formula is C32H33ClN4O3. The number of aromatic nitrogens is 2. The van der Waals surface area contributed by atoms with Crippen LogP contribution >= 0.6 is 11.6 Å². The Kier molecular flexibility index (Phi) is 8.51. The van der Waals surface area contributed by atoms with E-state index in [-0.39, 0.29) is 5.91 Å². The molecule has 2 heterocycles. The van der Waals surface area contributed by atoms with E-state index in [4.69, 9.17) is 31.0 Å². The Balaban J connectivity index is 1.45. The number of halogens is 1. The van der Waals surface area contributed by atoms with Crippen LogP contribution in [-0.4, -0.2) is 61.2 Å². The van der Waals surface area contributed by atoms with Gasteiger partial charge in [0.1, 0.15) is 17.3 Å². The van der Waals surface area contributed by atoms with Gasteiger partial charge in [-0.2, -0.15) is 0 Å². The third-order valence-electron chi connectivity index (χ3n) is 7.24. The number of ether oxygens (including phenoxy) is 2. The number of hydrogen-bond donors (Lipinski definition) is 0. The highest BCUT2D eigenvalue weighted by molar-refractivity contribution is 6.30. The Morgan fingerprint density at radius 1 is 0.900 bits per heavy atom. The number of nitrogens with zero attached hydrogens (tertiary/aromatic N) is 4. The highest BCUT2D eigenvalue weighted by Gasteiger charge is 2.26. The van der Waals surface area contributed by atoms with Crippen LogP contribution < -0.4 is 14.4 Å². The van der Waals surface area contributed by atoms with Crippen molar-refractivity contribution in [3.05, 3.63) is 100 Å². The molecule has 1 aromatic heterocycles. The molecule has 206 valence electrons. The number of rotatable bonds is 7. The van der Waals surface area contributed by atoms with Crippen LogP contribution in [0.5, 0.6) is 11.5 Å². The van der Waals surface area contributed by atoms with Gasteiger partial charge in [0.05, 0.1) is 19.8 Å². The lowest BCUT2D eigenvalue weighted by atomic mass is 10.0. The zero-order chi connectivity index (χ0) is 28.1. The minimum absolute atomic E-state index is 0.0495. The van der Waals surface area contributed by atoms with Gasteiger partial charge >= 0.3 is 0 Å². The molecule has 1 saturated heterocycles. The smallest absolute Gasteiger partial charge is 0.257 e. The van der Waals surface area contributed by atoms with Crippen molar-refractivity contribution in [3.8, 4) is 22.9 Å². The number of methoxy groups -OCH3 is 2. The molecule has 4 aromatic rings. The van der Waals surface area contributed by atoms with E-state index in [2.05, 4.69) is 4.90 Å². The first-order valence-corrected chi connectivity index (χ1v) is 13.8. The second-order valence-electron chi connectivity index (χ2n) is 9.80. The van der Waals surface area contributed by atoms with Gasteiger partial charge in [0.2, 0.25) is 0 Å².